The number of hydrogen-bond acceptors (Lipinski definition) is 4. The lowest BCUT2D eigenvalue weighted by Crippen LogP contribution is -2.22. The maximum absolute atomic E-state index is 14.6. The summed E-state index contributed by atoms with van der Waals surface area (Å²) in [4.78, 5) is 10.2. The van der Waals surface area contributed by atoms with E-state index in [4.69, 9.17) is 0 Å². The van der Waals surface area contributed by atoms with E-state index in [1.165, 1.54) is 12.1 Å². The molecule has 25 heavy (non-hydrogen) atoms. The first-order valence-electron chi connectivity index (χ1n) is 8.27. The number of benzene rings is 1. The molecule has 132 valence electrons. The number of allylic oxidation sites excluding steroid dienone is 1. The molecule has 0 amide bonds. The van der Waals surface area contributed by atoms with Crippen molar-refractivity contribution in [1.82, 2.24) is 9.97 Å². The van der Waals surface area contributed by atoms with Gasteiger partial charge in [-0.3, -0.25) is 0 Å². The van der Waals surface area contributed by atoms with Crippen molar-refractivity contribution in [2.24, 2.45) is 5.92 Å². The Morgan fingerprint density at radius 2 is 1.80 bits per heavy atom. The maximum Gasteiger partial charge on any atom is 0.159 e. The van der Waals surface area contributed by atoms with E-state index in [9.17, 15) is 13.9 Å². The van der Waals surface area contributed by atoms with E-state index in [-0.39, 0.29) is 17.4 Å². The minimum atomic E-state index is -0.624. The van der Waals surface area contributed by atoms with Crippen LogP contribution < -0.4 is 4.90 Å². The van der Waals surface area contributed by atoms with E-state index >= 15 is 0 Å². The summed E-state index contributed by atoms with van der Waals surface area (Å²) in [6, 6.07) is 4.37. The standard InChI is InChI=1S/C19H21F2N3O/c1-11-6-12(2)23-19(22-11)15-8-16(20)18(17(21)9-15)24-5-4-14(10-24)7-13(3)25/h6,8-9,14,25H,3-5,7,10H2,1-2H3. The topological polar surface area (TPSA) is 49.2 Å². The number of rotatable bonds is 4. The lowest BCUT2D eigenvalue weighted by Gasteiger charge is -2.20. The molecule has 1 aromatic heterocycles. The van der Waals surface area contributed by atoms with Gasteiger partial charge in [0.05, 0.1) is 5.76 Å². The van der Waals surface area contributed by atoms with Crippen LogP contribution in [0.5, 0.6) is 0 Å². The third kappa shape index (κ3) is 3.78. The Morgan fingerprint density at radius 1 is 1.20 bits per heavy atom. The molecule has 0 radical (unpaired) electrons. The molecule has 0 spiro atoms. The van der Waals surface area contributed by atoms with Crippen LogP contribution in [-0.4, -0.2) is 28.2 Å². The van der Waals surface area contributed by atoms with E-state index < -0.39 is 11.6 Å². The zero-order chi connectivity index (χ0) is 18.1. The predicted octanol–water partition coefficient (Wildman–Crippen LogP) is 4.33. The largest absolute Gasteiger partial charge is 0.513 e. The Bertz CT molecular complexity index is 779. The first-order chi connectivity index (χ1) is 11.8. The fraction of sp³-hybridized carbons (Fsp3) is 0.368. The molecule has 0 bridgehead atoms. The molecule has 6 heteroatoms. The summed E-state index contributed by atoms with van der Waals surface area (Å²) >= 11 is 0. The Morgan fingerprint density at radius 3 is 2.36 bits per heavy atom. The van der Waals surface area contributed by atoms with E-state index in [0.29, 0.717) is 30.9 Å². The van der Waals surface area contributed by atoms with Crippen molar-refractivity contribution < 1.29 is 13.9 Å². The minimum Gasteiger partial charge on any atom is -0.513 e. The van der Waals surface area contributed by atoms with Gasteiger partial charge in [0, 0.05) is 36.5 Å². The molecular formula is C19H21F2N3O. The minimum absolute atomic E-state index is 0.0285. The number of halogens is 2. The average molecular weight is 345 g/mol. The van der Waals surface area contributed by atoms with E-state index in [0.717, 1.165) is 17.8 Å². The van der Waals surface area contributed by atoms with Crippen molar-refractivity contribution in [3.63, 3.8) is 0 Å². The van der Waals surface area contributed by atoms with E-state index in [1.807, 2.05) is 19.9 Å². The van der Waals surface area contributed by atoms with Crippen LogP contribution in [0.2, 0.25) is 0 Å². The molecule has 1 unspecified atom stereocenters. The number of hydrogen-bond donors (Lipinski definition) is 1. The summed E-state index contributed by atoms with van der Waals surface area (Å²) in [5.41, 5.74) is 1.79. The van der Waals surface area contributed by atoms with Crippen molar-refractivity contribution in [3.8, 4) is 11.4 Å². The highest BCUT2D eigenvalue weighted by Gasteiger charge is 2.28. The van der Waals surface area contributed by atoms with Gasteiger partial charge in [0.25, 0.3) is 0 Å². The molecule has 1 aliphatic rings. The summed E-state index contributed by atoms with van der Waals surface area (Å²) < 4.78 is 29.3. The lowest BCUT2D eigenvalue weighted by molar-refractivity contribution is 0.360. The number of anilines is 1. The summed E-state index contributed by atoms with van der Waals surface area (Å²) in [6.07, 6.45) is 1.22. The molecule has 0 aliphatic carbocycles. The zero-order valence-electron chi connectivity index (χ0n) is 14.4. The Labute approximate surface area is 145 Å². The number of aryl methyl sites for hydroxylation is 2. The van der Waals surface area contributed by atoms with Crippen molar-refractivity contribution in [2.75, 3.05) is 18.0 Å². The monoisotopic (exact) mass is 345 g/mol. The van der Waals surface area contributed by atoms with Crippen LogP contribution in [-0.2, 0) is 0 Å². The molecule has 2 aromatic rings. The molecule has 1 N–H and O–H groups in total. The van der Waals surface area contributed by atoms with Crippen LogP contribution in [0.25, 0.3) is 11.4 Å². The Balaban J connectivity index is 1.90. The molecule has 1 saturated heterocycles. The quantitative estimate of drug-likeness (QED) is 0.838. The highest BCUT2D eigenvalue weighted by atomic mass is 19.1. The molecule has 1 aliphatic heterocycles. The van der Waals surface area contributed by atoms with Crippen LogP contribution >= 0.6 is 0 Å². The van der Waals surface area contributed by atoms with Gasteiger partial charge < -0.3 is 10.0 Å². The van der Waals surface area contributed by atoms with Gasteiger partial charge in [0.1, 0.15) is 17.3 Å². The van der Waals surface area contributed by atoms with Gasteiger partial charge in [-0.15, -0.1) is 0 Å². The number of nitrogens with zero attached hydrogens (tertiary/aromatic N) is 3. The van der Waals surface area contributed by atoms with Gasteiger partial charge >= 0.3 is 0 Å². The Hall–Kier alpha value is -2.50. The van der Waals surface area contributed by atoms with E-state index in [1.54, 1.807) is 4.90 Å². The number of aromatic nitrogens is 2. The van der Waals surface area contributed by atoms with Crippen molar-refractivity contribution >= 4 is 5.69 Å². The van der Waals surface area contributed by atoms with Crippen molar-refractivity contribution in [1.29, 1.82) is 0 Å². The fourth-order valence-electron chi connectivity index (χ4n) is 3.39. The average Bonchev–Trinajstić information content (AvgIpc) is 2.92. The van der Waals surface area contributed by atoms with Gasteiger partial charge in [0.2, 0.25) is 0 Å². The second-order valence-corrected chi connectivity index (χ2v) is 6.63. The molecule has 1 atom stereocenters. The molecular weight excluding hydrogens is 324 g/mol. The number of aliphatic hydroxyl groups excluding tert-OH is 1. The lowest BCUT2D eigenvalue weighted by atomic mass is 10.0. The predicted molar refractivity (Wildman–Crippen MR) is 93.6 cm³/mol. The zero-order valence-corrected chi connectivity index (χ0v) is 14.4. The third-order valence-corrected chi connectivity index (χ3v) is 4.38. The second kappa shape index (κ2) is 6.78. The first-order valence-corrected chi connectivity index (χ1v) is 8.27. The molecule has 2 heterocycles. The van der Waals surface area contributed by atoms with Gasteiger partial charge in [0.15, 0.2) is 5.82 Å². The van der Waals surface area contributed by atoms with Gasteiger partial charge in [-0.25, -0.2) is 18.7 Å². The number of aliphatic hydroxyl groups is 1. The summed E-state index contributed by atoms with van der Waals surface area (Å²) in [6.45, 7) is 8.16. The Kier molecular flexibility index (Phi) is 4.70. The highest BCUT2D eigenvalue weighted by molar-refractivity contribution is 5.62. The SMILES string of the molecule is C=C(O)CC1CCN(c2c(F)cc(-c3nc(C)cc(C)n3)cc2F)C1. The van der Waals surface area contributed by atoms with Crippen molar-refractivity contribution in [2.45, 2.75) is 26.7 Å². The normalized spacial score (nSPS) is 17.1. The van der Waals surface area contributed by atoms with Gasteiger partial charge in [-0.05, 0) is 44.4 Å². The molecule has 4 nitrogen and oxygen atoms in total. The molecule has 1 aromatic carbocycles. The van der Waals surface area contributed by atoms with Crippen LogP contribution in [0.1, 0.15) is 24.2 Å². The highest BCUT2D eigenvalue weighted by Crippen LogP contribution is 2.33. The van der Waals surface area contributed by atoms with Crippen molar-refractivity contribution in [3.05, 3.63) is 53.6 Å². The van der Waals surface area contributed by atoms with E-state index in [2.05, 4.69) is 16.5 Å². The summed E-state index contributed by atoms with van der Waals surface area (Å²) in [5.74, 6) is -0.672. The summed E-state index contributed by atoms with van der Waals surface area (Å²) in [5, 5.41) is 9.31. The van der Waals surface area contributed by atoms with Gasteiger partial charge in [-0.2, -0.15) is 0 Å². The van der Waals surface area contributed by atoms with Crippen LogP contribution in [0.4, 0.5) is 14.5 Å². The third-order valence-electron chi connectivity index (χ3n) is 4.38. The second-order valence-electron chi connectivity index (χ2n) is 6.63. The first kappa shape index (κ1) is 17.3. The molecule has 0 saturated carbocycles. The fourth-order valence-corrected chi connectivity index (χ4v) is 3.39. The summed E-state index contributed by atoms with van der Waals surface area (Å²) in [7, 11) is 0. The molecule has 3 rings (SSSR count). The van der Waals surface area contributed by atoms with Gasteiger partial charge in [-0.1, -0.05) is 6.58 Å². The van der Waals surface area contributed by atoms with Crippen LogP contribution in [0.3, 0.4) is 0 Å². The maximum atomic E-state index is 14.6. The smallest absolute Gasteiger partial charge is 0.159 e. The van der Waals surface area contributed by atoms with Crippen LogP contribution in [0, 0.1) is 31.4 Å². The molecule has 1 fully saturated rings. The van der Waals surface area contributed by atoms with Crippen LogP contribution in [0.15, 0.2) is 30.5 Å².